The van der Waals surface area contributed by atoms with E-state index in [1.807, 2.05) is 78.9 Å². The van der Waals surface area contributed by atoms with E-state index in [0.29, 0.717) is 34.1 Å². The minimum atomic E-state index is -0.169. The van der Waals surface area contributed by atoms with E-state index in [9.17, 15) is 5.26 Å². The van der Waals surface area contributed by atoms with Crippen LogP contribution in [0.2, 0.25) is 0 Å². The van der Waals surface area contributed by atoms with Gasteiger partial charge in [0.05, 0.1) is 65.9 Å². The number of nitriles is 1. The minimum absolute atomic E-state index is 0.0540. The zero-order valence-corrected chi connectivity index (χ0v) is 37.9. The number of aromatic nitrogens is 15. The monoisotopic (exact) mass is 951 g/mol. The van der Waals surface area contributed by atoms with E-state index in [4.69, 9.17) is 45.3 Å². The Morgan fingerprint density at radius 3 is 1.11 bits per heavy atom. The number of azo groups is 3. The summed E-state index contributed by atoms with van der Waals surface area (Å²) in [5.74, 6) is -0.202. The highest BCUT2D eigenvalue weighted by molar-refractivity contribution is 5.69. The SMILES string of the molecule is [C-]#[N+]c1cnn(-c2ccccc2)c1N=Nc1c(C)nn(-c2nc(-n3nc(C)c(N=Nc4c(C#N)cnn4-c4ccccc4)c3N)nc(-n3nc(C)c(N=Nc4c([N+]#[C-])cnn4-c4ccccc4)c3N)n2)c1N. The van der Waals surface area contributed by atoms with Crippen LogP contribution in [0.1, 0.15) is 22.6 Å². The van der Waals surface area contributed by atoms with Crippen LogP contribution < -0.4 is 17.2 Å². The molecule has 10 rings (SSSR count). The predicted octanol–water partition coefficient (Wildman–Crippen LogP) is 8.88. The molecule has 72 heavy (non-hydrogen) atoms. The third kappa shape index (κ3) is 7.93. The van der Waals surface area contributed by atoms with Crippen molar-refractivity contribution in [1.82, 2.24) is 73.6 Å². The van der Waals surface area contributed by atoms with Crippen molar-refractivity contribution in [1.29, 1.82) is 5.26 Å². The van der Waals surface area contributed by atoms with Gasteiger partial charge < -0.3 is 17.2 Å². The van der Waals surface area contributed by atoms with Gasteiger partial charge in [-0.1, -0.05) is 54.6 Å². The Morgan fingerprint density at radius 2 is 0.778 bits per heavy atom. The molecular weight excluding hydrogens is 919 g/mol. The third-order valence-electron chi connectivity index (χ3n) is 10.7. The summed E-state index contributed by atoms with van der Waals surface area (Å²) < 4.78 is 8.04. The number of hydrogen-bond donors (Lipinski definition) is 3. The number of nitrogens with zero attached hydrogens (tertiary/aromatic N) is 24. The van der Waals surface area contributed by atoms with Gasteiger partial charge in [0.15, 0.2) is 52.0 Å². The molecule has 27 heteroatoms. The highest BCUT2D eigenvalue weighted by atomic mass is 15.5. The Morgan fingerprint density at radius 1 is 0.458 bits per heavy atom. The van der Waals surface area contributed by atoms with Crippen molar-refractivity contribution < 1.29 is 0 Å². The molecule has 0 amide bonds. The zero-order chi connectivity index (χ0) is 50.0. The van der Waals surface area contributed by atoms with Crippen LogP contribution >= 0.6 is 0 Å². The lowest BCUT2D eigenvalue weighted by molar-refractivity contribution is 0.708. The number of anilines is 3. The highest BCUT2D eigenvalue weighted by Gasteiger charge is 2.25. The van der Waals surface area contributed by atoms with Crippen LogP contribution in [0, 0.1) is 45.2 Å². The first kappa shape index (κ1) is 44.4. The van der Waals surface area contributed by atoms with Gasteiger partial charge in [-0.25, -0.2) is 23.7 Å². The number of nitrogen functional groups attached to an aromatic ring is 3. The molecule has 3 aromatic carbocycles. The average Bonchev–Trinajstić information content (AvgIpc) is 4.27. The summed E-state index contributed by atoms with van der Waals surface area (Å²) >= 11 is 0. The van der Waals surface area contributed by atoms with E-state index in [2.05, 4.69) is 77.0 Å². The second kappa shape index (κ2) is 18.4. The molecule has 0 aliphatic rings. The van der Waals surface area contributed by atoms with Gasteiger partial charge in [0.25, 0.3) is 29.2 Å². The number of nitrogens with two attached hydrogens (primary N) is 3. The maximum absolute atomic E-state index is 9.90. The molecule has 7 aromatic heterocycles. The van der Waals surface area contributed by atoms with Crippen molar-refractivity contribution in [3.8, 4) is 41.0 Å². The minimum Gasteiger partial charge on any atom is -0.382 e. The van der Waals surface area contributed by atoms with E-state index in [1.54, 1.807) is 32.9 Å². The van der Waals surface area contributed by atoms with Crippen molar-refractivity contribution in [2.24, 2.45) is 30.7 Å². The summed E-state index contributed by atoms with van der Waals surface area (Å²) in [6, 6.07) is 29.5. The molecule has 0 saturated carbocycles. The average molecular weight is 952 g/mol. The van der Waals surface area contributed by atoms with Crippen LogP contribution in [0.15, 0.2) is 140 Å². The molecule has 0 radical (unpaired) electrons. The highest BCUT2D eigenvalue weighted by Crippen LogP contribution is 2.38. The Hall–Kier alpha value is -11.4. The zero-order valence-electron chi connectivity index (χ0n) is 37.9. The summed E-state index contributed by atoms with van der Waals surface area (Å²) in [5.41, 5.74) is 24.0. The Kier molecular flexibility index (Phi) is 11.3. The molecule has 0 bridgehead atoms. The molecule has 7 heterocycles. The molecule has 0 saturated heterocycles. The molecular formula is C45H33N27. The topological polar surface area (TPSA) is 330 Å². The molecule has 0 fully saturated rings. The van der Waals surface area contributed by atoms with Crippen molar-refractivity contribution in [2.45, 2.75) is 20.8 Å². The Bertz CT molecular complexity index is 3500. The van der Waals surface area contributed by atoms with E-state index in [0.717, 1.165) is 0 Å². The van der Waals surface area contributed by atoms with Crippen LogP contribution in [0.25, 0.3) is 44.6 Å². The summed E-state index contributed by atoms with van der Waals surface area (Å²) in [4.78, 5) is 21.2. The molecule has 10 aromatic rings. The van der Waals surface area contributed by atoms with Gasteiger partial charge in [-0.05, 0) is 57.2 Å². The van der Waals surface area contributed by atoms with Gasteiger partial charge in [0, 0.05) is 0 Å². The standard InChI is InChI=1S/C45H33N27/c1-25-34(58-61-40-28(21-46)22-52-67(40)29-15-9-6-10-16-29)37(47)70(64-25)43-55-44(71-38(48)35(26(2)65-71)59-62-41-32(50-4)23-53-68(41)30-17-11-7-12-18-30)57-45(56-43)72-39(49)36(27(3)66-72)60-63-42-33(51-5)24-54-69(42)31-19-13-8-14-20-31/h6-20,22-24H,47-49H2,1-3H3. The fourth-order valence-electron chi connectivity index (χ4n) is 7.16. The Labute approximate surface area is 405 Å². The van der Waals surface area contributed by atoms with Crippen molar-refractivity contribution >= 4 is 63.3 Å². The van der Waals surface area contributed by atoms with E-state index >= 15 is 0 Å². The van der Waals surface area contributed by atoms with E-state index in [-0.39, 0.29) is 86.8 Å². The third-order valence-corrected chi connectivity index (χ3v) is 10.7. The lowest BCUT2D eigenvalue weighted by Crippen LogP contribution is -2.17. The molecule has 0 spiro atoms. The van der Waals surface area contributed by atoms with Crippen LogP contribution in [-0.2, 0) is 0 Å². The number of benzene rings is 3. The maximum Gasteiger partial charge on any atom is 0.259 e. The van der Waals surface area contributed by atoms with Gasteiger partial charge in [-0.2, -0.15) is 64.9 Å². The lowest BCUT2D eigenvalue weighted by atomic mass is 10.3. The first-order chi connectivity index (χ1) is 35.1. The van der Waals surface area contributed by atoms with Gasteiger partial charge in [0.1, 0.15) is 11.6 Å². The van der Waals surface area contributed by atoms with Crippen LogP contribution in [0.5, 0.6) is 0 Å². The fraction of sp³-hybridized carbons (Fsp3) is 0.0667. The molecule has 0 unspecified atom stereocenters. The van der Waals surface area contributed by atoms with Gasteiger partial charge in [-0.15, -0.1) is 30.7 Å². The van der Waals surface area contributed by atoms with Crippen LogP contribution in [0.3, 0.4) is 0 Å². The van der Waals surface area contributed by atoms with Crippen LogP contribution in [0.4, 0.5) is 63.3 Å². The largest absolute Gasteiger partial charge is 0.382 e. The van der Waals surface area contributed by atoms with Gasteiger partial charge in [-0.3, -0.25) is 0 Å². The predicted molar refractivity (Wildman–Crippen MR) is 259 cm³/mol. The number of aryl methyl sites for hydroxylation is 3. The normalized spacial score (nSPS) is 11.5. The molecule has 27 nitrogen and oxygen atoms in total. The summed E-state index contributed by atoms with van der Waals surface area (Å²) in [7, 11) is 0. The van der Waals surface area contributed by atoms with Crippen LogP contribution in [-0.4, -0.2) is 73.6 Å². The number of hydrogen-bond acceptors (Lipinski definition) is 19. The molecule has 0 atom stereocenters. The van der Waals surface area contributed by atoms with E-state index in [1.165, 1.54) is 46.7 Å². The second-order valence-corrected chi connectivity index (χ2v) is 15.2. The molecule has 0 aliphatic carbocycles. The summed E-state index contributed by atoms with van der Waals surface area (Å²) in [6.07, 6.45) is 4.16. The van der Waals surface area contributed by atoms with E-state index < -0.39 is 0 Å². The first-order valence-electron chi connectivity index (χ1n) is 21.2. The van der Waals surface area contributed by atoms with Crippen molar-refractivity contribution in [3.63, 3.8) is 0 Å². The Balaban J connectivity index is 1.09. The fourth-order valence-corrected chi connectivity index (χ4v) is 7.16. The number of rotatable bonds is 12. The summed E-state index contributed by atoms with van der Waals surface area (Å²) in [5, 5.41) is 63.3. The van der Waals surface area contributed by atoms with Crippen molar-refractivity contribution in [3.05, 3.63) is 155 Å². The summed E-state index contributed by atoms with van der Waals surface area (Å²) in [6.45, 7) is 20.4. The molecule has 6 N–H and O–H groups in total. The molecule has 0 aliphatic heterocycles. The molecule has 348 valence electrons. The maximum atomic E-state index is 9.90. The van der Waals surface area contributed by atoms with Gasteiger partial charge >= 0.3 is 0 Å². The quantitative estimate of drug-likeness (QED) is 0.0761. The lowest BCUT2D eigenvalue weighted by Gasteiger charge is -2.10. The van der Waals surface area contributed by atoms with Gasteiger partial charge in [0.2, 0.25) is 0 Å². The first-order valence-corrected chi connectivity index (χ1v) is 21.2. The number of para-hydroxylation sites is 3. The smallest absolute Gasteiger partial charge is 0.259 e. The van der Waals surface area contributed by atoms with Crippen molar-refractivity contribution in [2.75, 3.05) is 17.2 Å². The second-order valence-electron chi connectivity index (χ2n) is 15.2.